The van der Waals surface area contributed by atoms with Crippen LogP contribution in [-0.2, 0) is 9.68 Å². The lowest BCUT2D eigenvalue weighted by Gasteiger charge is -2.19. The van der Waals surface area contributed by atoms with Crippen molar-refractivity contribution in [3.8, 4) is 0 Å². The Kier molecular flexibility index (Phi) is 14.8. The predicted molar refractivity (Wildman–Crippen MR) is 106 cm³/mol. The Labute approximate surface area is 182 Å². The lowest BCUT2D eigenvalue weighted by atomic mass is 10.2. The maximum Gasteiger partial charge on any atom is 0.338 e. The molecule has 0 heterocycles. The first-order chi connectivity index (χ1) is 12.7. The van der Waals surface area contributed by atoms with E-state index in [1.807, 2.05) is 0 Å². The molecule has 0 bridgehead atoms. The molecule has 0 amide bonds. The number of nitrogens with zero attached hydrogens (tertiary/aromatic N) is 1. The molecule has 1 aromatic rings. The molecule has 0 aliphatic heterocycles. The summed E-state index contributed by atoms with van der Waals surface area (Å²) in [5, 5.41) is 26.3. The van der Waals surface area contributed by atoms with Gasteiger partial charge >= 0.3 is 5.97 Å². The normalized spacial score (nSPS) is 10.7. The number of aliphatic hydroxyl groups excluding tert-OH is 2. The average Bonchev–Trinajstić information content (AvgIpc) is 2.64. The predicted octanol–water partition coefficient (Wildman–Crippen LogP) is 4.59. The minimum absolute atomic E-state index is 0.0366. The molecule has 0 aliphatic carbocycles. The second-order valence-electron chi connectivity index (χ2n) is 4.77. The number of carboxylic acid groups (broad SMARTS) is 1. The number of halogens is 5. The van der Waals surface area contributed by atoms with Crippen molar-refractivity contribution in [1.82, 2.24) is 5.23 Å². The maximum absolute atomic E-state index is 10.7. The SMILES string of the molecule is CCCCN(OCCO)OCCO.O=C(O)c1c(Cl)c(Cl)c(Cl)c(Cl)c1Cl. The minimum atomic E-state index is -1.32. The maximum atomic E-state index is 10.7. The third kappa shape index (κ3) is 9.32. The van der Waals surface area contributed by atoms with Crippen molar-refractivity contribution in [2.24, 2.45) is 0 Å². The van der Waals surface area contributed by atoms with E-state index in [2.05, 4.69) is 6.92 Å². The van der Waals surface area contributed by atoms with E-state index in [0.29, 0.717) is 6.54 Å². The number of rotatable bonds is 10. The number of hydrogen-bond donors (Lipinski definition) is 3. The first kappa shape index (κ1) is 26.9. The monoisotopic (exact) mass is 485 g/mol. The van der Waals surface area contributed by atoms with E-state index in [1.54, 1.807) is 0 Å². The van der Waals surface area contributed by atoms with Crippen LogP contribution in [0.5, 0.6) is 0 Å². The van der Waals surface area contributed by atoms with Gasteiger partial charge in [-0.3, -0.25) is 9.68 Å². The number of hydrogen-bond acceptors (Lipinski definition) is 6. The number of hydroxylamine groups is 2. The lowest BCUT2D eigenvalue weighted by molar-refractivity contribution is -0.371. The van der Waals surface area contributed by atoms with Gasteiger partial charge in [0, 0.05) is 0 Å². The summed E-state index contributed by atoms with van der Waals surface area (Å²) in [5.41, 5.74) is -0.354. The van der Waals surface area contributed by atoms with Crippen molar-refractivity contribution < 1.29 is 29.8 Å². The summed E-state index contributed by atoms with van der Waals surface area (Å²) in [6, 6.07) is 0. The van der Waals surface area contributed by atoms with Gasteiger partial charge in [-0.15, -0.1) is 0 Å². The molecule has 0 saturated carbocycles. The summed E-state index contributed by atoms with van der Waals surface area (Å²) in [6.07, 6.45) is 2.00. The molecule has 0 atom stereocenters. The van der Waals surface area contributed by atoms with Gasteiger partial charge in [0.25, 0.3) is 0 Å². The van der Waals surface area contributed by atoms with Crippen LogP contribution in [0.3, 0.4) is 0 Å². The van der Waals surface area contributed by atoms with Gasteiger partial charge in [0.1, 0.15) is 0 Å². The highest BCUT2D eigenvalue weighted by atomic mass is 35.5. The van der Waals surface area contributed by atoms with Crippen LogP contribution in [0, 0.1) is 0 Å². The van der Waals surface area contributed by atoms with E-state index in [4.69, 9.17) is 83.0 Å². The molecule has 12 heteroatoms. The summed E-state index contributed by atoms with van der Waals surface area (Å²) in [6.45, 7) is 3.08. The fraction of sp³-hybridized carbons (Fsp3) is 0.533. The van der Waals surface area contributed by atoms with Gasteiger partial charge in [-0.05, 0) is 6.42 Å². The summed E-state index contributed by atoms with van der Waals surface area (Å²) in [4.78, 5) is 20.8. The van der Waals surface area contributed by atoms with Gasteiger partial charge in [-0.1, -0.05) is 76.6 Å². The zero-order valence-corrected chi connectivity index (χ0v) is 18.1. The van der Waals surface area contributed by atoms with Crippen molar-refractivity contribution >= 4 is 64.0 Å². The third-order valence-electron chi connectivity index (χ3n) is 2.77. The third-order valence-corrected chi connectivity index (χ3v) is 5.05. The number of carbonyl (C=O) groups is 1. The van der Waals surface area contributed by atoms with Crippen LogP contribution in [-0.4, -0.2) is 59.5 Å². The van der Waals surface area contributed by atoms with Gasteiger partial charge in [-0.25, -0.2) is 4.79 Å². The first-order valence-electron chi connectivity index (χ1n) is 7.72. The fourth-order valence-electron chi connectivity index (χ4n) is 1.53. The molecular weight excluding hydrogens is 467 g/mol. The number of aromatic carboxylic acids is 1. The molecular formula is C15H20Cl5NO6. The van der Waals surface area contributed by atoms with Crippen LogP contribution in [0.2, 0.25) is 25.1 Å². The first-order valence-corrected chi connectivity index (χ1v) is 9.61. The largest absolute Gasteiger partial charge is 0.478 e. The molecule has 0 fully saturated rings. The summed E-state index contributed by atoms with van der Waals surface area (Å²) < 4.78 is 0. The number of benzene rings is 1. The Bertz CT molecular complexity index is 557. The van der Waals surface area contributed by atoms with Crippen LogP contribution in [0.15, 0.2) is 0 Å². The van der Waals surface area contributed by atoms with Gasteiger partial charge in [-0.2, -0.15) is 0 Å². The van der Waals surface area contributed by atoms with Gasteiger partial charge < -0.3 is 15.3 Å². The Morgan fingerprint density at radius 3 is 1.63 bits per heavy atom. The molecule has 3 N–H and O–H groups in total. The second-order valence-corrected chi connectivity index (χ2v) is 6.66. The minimum Gasteiger partial charge on any atom is -0.478 e. The topological polar surface area (TPSA) is 99.5 Å². The highest BCUT2D eigenvalue weighted by Crippen LogP contribution is 2.43. The standard InChI is InChI=1S/C8H19NO4.C7HCl5O2/c1-2-3-4-9(12-7-5-10)13-8-6-11;8-2-1(7(13)14)3(9)5(11)6(12)4(2)10/h10-11H,2-8H2,1H3;(H,13,14). The number of carboxylic acids is 1. The van der Waals surface area contributed by atoms with Gasteiger partial charge in [0.2, 0.25) is 0 Å². The molecule has 7 nitrogen and oxygen atoms in total. The molecule has 1 aromatic carbocycles. The van der Waals surface area contributed by atoms with E-state index in [0.717, 1.165) is 12.8 Å². The van der Waals surface area contributed by atoms with E-state index in [1.165, 1.54) is 5.23 Å². The Morgan fingerprint density at radius 2 is 1.30 bits per heavy atom. The molecule has 27 heavy (non-hydrogen) atoms. The van der Waals surface area contributed by atoms with E-state index >= 15 is 0 Å². The summed E-state index contributed by atoms with van der Waals surface area (Å²) in [5.74, 6) is -1.32. The molecule has 0 radical (unpaired) electrons. The highest BCUT2D eigenvalue weighted by molar-refractivity contribution is 6.56. The van der Waals surface area contributed by atoms with Crippen LogP contribution in [0.4, 0.5) is 0 Å². The fourth-order valence-corrected chi connectivity index (χ4v) is 2.83. The van der Waals surface area contributed by atoms with Crippen LogP contribution in [0.25, 0.3) is 0 Å². The van der Waals surface area contributed by atoms with Crippen LogP contribution < -0.4 is 0 Å². The second kappa shape index (κ2) is 14.9. The molecule has 0 spiro atoms. The molecule has 0 aromatic heterocycles. The Balaban J connectivity index is 0.000000503. The van der Waals surface area contributed by atoms with Crippen molar-refractivity contribution in [2.75, 3.05) is 33.0 Å². The van der Waals surface area contributed by atoms with E-state index < -0.39 is 5.97 Å². The van der Waals surface area contributed by atoms with Crippen molar-refractivity contribution in [3.05, 3.63) is 30.7 Å². The molecule has 1 rings (SSSR count). The van der Waals surface area contributed by atoms with Crippen molar-refractivity contribution in [3.63, 3.8) is 0 Å². The summed E-state index contributed by atoms with van der Waals surface area (Å²) in [7, 11) is 0. The quantitative estimate of drug-likeness (QED) is 0.252. The molecule has 0 saturated heterocycles. The zero-order valence-electron chi connectivity index (χ0n) is 14.4. The Morgan fingerprint density at radius 1 is 0.889 bits per heavy atom. The summed E-state index contributed by atoms with van der Waals surface area (Å²) >= 11 is 28.2. The average molecular weight is 488 g/mol. The number of aliphatic hydroxyl groups is 2. The van der Waals surface area contributed by atoms with E-state index in [9.17, 15) is 4.79 Å². The zero-order chi connectivity index (χ0) is 21.0. The number of unbranched alkanes of at least 4 members (excludes halogenated alkanes) is 1. The lowest BCUT2D eigenvalue weighted by Crippen LogP contribution is -2.28. The van der Waals surface area contributed by atoms with Crippen molar-refractivity contribution in [2.45, 2.75) is 19.8 Å². The van der Waals surface area contributed by atoms with Crippen LogP contribution >= 0.6 is 58.0 Å². The van der Waals surface area contributed by atoms with Gasteiger partial charge in [0.15, 0.2) is 0 Å². The molecule has 0 aliphatic rings. The smallest absolute Gasteiger partial charge is 0.338 e. The van der Waals surface area contributed by atoms with Crippen molar-refractivity contribution in [1.29, 1.82) is 0 Å². The van der Waals surface area contributed by atoms with Gasteiger partial charge in [0.05, 0.1) is 63.6 Å². The Hall–Kier alpha value is -0.0600. The molecule has 0 unspecified atom stereocenters. The van der Waals surface area contributed by atoms with E-state index in [-0.39, 0.29) is 57.1 Å². The van der Waals surface area contributed by atoms with Crippen LogP contribution in [0.1, 0.15) is 30.1 Å². The molecule has 156 valence electrons. The highest BCUT2D eigenvalue weighted by Gasteiger charge is 2.23.